The molecule has 0 unspecified atom stereocenters. The highest BCUT2D eigenvalue weighted by Crippen LogP contribution is 2.33. The van der Waals surface area contributed by atoms with Crippen molar-refractivity contribution in [3.8, 4) is 0 Å². The molecule has 0 aliphatic carbocycles. The van der Waals surface area contributed by atoms with Gasteiger partial charge in [-0.3, -0.25) is 14.2 Å². The normalized spacial score (nSPS) is 21.3. The molecule has 3 aromatic rings. The Morgan fingerprint density at radius 3 is 2.74 bits per heavy atom. The Hall–Kier alpha value is -2.96. The van der Waals surface area contributed by atoms with Gasteiger partial charge in [0, 0.05) is 19.0 Å². The third kappa shape index (κ3) is 2.34. The lowest BCUT2D eigenvalue weighted by atomic mass is 10.1. The third-order valence-electron chi connectivity index (χ3n) is 5.85. The highest BCUT2D eigenvalue weighted by atomic mass is 16.5. The average Bonchev–Trinajstić information content (AvgIpc) is 3.14. The molecule has 5 rings (SSSR count). The SMILES string of the molecule is Cc1noc(C)c1C(=O)N1[C@@H]2CC[C@@H]1Cn1c(nc3ccccc3c1=O)C2. The standard InChI is InChI=1S/C20H20N4O3/c1-11-18(12(2)27-22-11)20(26)24-13-7-8-14(24)10-23-17(9-13)21-16-6-4-3-5-15(16)19(23)25/h3-6,13-14H,7-10H2,1-2H3/t13-,14-/m1/s1. The van der Waals surface area contributed by atoms with Crippen molar-refractivity contribution < 1.29 is 9.32 Å². The Bertz CT molecular complexity index is 1110. The van der Waals surface area contributed by atoms with Crippen LogP contribution in [0.3, 0.4) is 0 Å². The molecule has 1 fully saturated rings. The first-order chi connectivity index (χ1) is 13.0. The van der Waals surface area contributed by atoms with E-state index in [2.05, 4.69) is 5.16 Å². The van der Waals surface area contributed by atoms with Crippen LogP contribution in [-0.4, -0.2) is 37.6 Å². The van der Waals surface area contributed by atoms with E-state index in [1.54, 1.807) is 18.4 Å². The molecule has 1 amide bonds. The molecular weight excluding hydrogens is 344 g/mol. The van der Waals surface area contributed by atoms with Gasteiger partial charge in [-0.2, -0.15) is 0 Å². The first-order valence-electron chi connectivity index (χ1n) is 9.28. The lowest BCUT2D eigenvalue weighted by Gasteiger charge is -2.27. The summed E-state index contributed by atoms with van der Waals surface area (Å²) in [5.41, 5.74) is 1.85. The molecule has 7 nitrogen and oxygen atoms in total. The number of para-hydroxylation sites is 1. The summed E-state index contributed by atoms with van der Waals surface area (Å²) >= 11 is 0. The molecule has 0 spiro atoms. The van der Waals surface area contributed by atoms with E-state index in [1.807, 2.05) is 29.2 Å². The smallest absolute Gasteiger partial charge is 0.261 e. The molecule has 0 radical (unpaired) electrons. The average molecular weight is 364 g/mol. The minimum atomic E-state index is -0.0517. The van der Waals surface area contributed by atoms with E-state index >= 15 is 0 Å². The monoisotopic (exact) mass is 364 g/mol. The number of carbonyl (C=O) groups is 1. The summed E-state index contributed by atoms with van der Waals surface area (Å²) in [5.74, 6) is 1.26. The predicted molar refractivity (Wildman–Crippen MR) is 98.7 cm³/mol. The van der Waals surface area contributed by atoms with Gasteiger partial charge in [-0.15, -0.1) is 0 Å². The van der Waals surface area contributed by atoms with Crippen LogP contribution >= 0.6 is 0 Å². The zero-order valence-corrected chi connectivity index (χ0v) is 15.3. The van der Waals surface area contributed by atoms with E-state index in [1.165, 1.54) is 0 Å². The van der Waals surface area contributed by atoms with Crippen LogP contribution < -0.4 is 5.56 Å². The van der Waals surface area contributed by atoms with Gasteiger partial charge in [0.05, 0.1) is 22.6 Å². The number of hydrogen-bond acceptors (Lipinski definition) is 5. The van der Waals surface area contributed by atoms with Crippen LogP contribution in [-0.2, 0) is 13.0 Å². The topological polar surface area (TPSA) is 81.2 Å². The highest BCUT2D eigenvalue weighted by molar-refractivity contribution is 5.96. The van der Waals surface area contributed by atoms with Crippen molar-refractivity contribution in [3.63, 3.8) is 0 Å². The minimum Gasteiger partial charge on any atom is -0.361 e. The zero-order valence-electron chi connectivity index (χ0n) is 15.3. The van der Waals surface area contributed by atoms with Crippen LogP contribution in [0.1, 0.15) is 40.5 Å². The molecule has 2 bridgehead atoms. The number of nitrogens with zero attached hydrogens (tertiary/aromatic N) is 4. The van der Waals surface area contributed by atoms with Crippen LogP contribution in [0.25, 0.3) is 10.9 Å². The lowest BCUT2D eigenvalue weighted by molar-refractivity contribution is 0.0663. The Kier molecular flexibility index (Phi) is 3.47. The molecule has 0 saturated carbocycles. The van der Waals surface area contributed by atoms with Crippen LogP contribution in [0.15, 0.2) is 33.6 Å². The van der Waals surface area contributed by atoms with Crippen molar-refractivity contribution in [1.29, 1.82) is 0 Å². The third-order valence-corrected chi connectivity index (χ3v) is 5.85. The Labute approximate surface area is 155 Å². The molecule has 4 heterocycles. The molecule has 2 aromatic heterocycles. The maximum Gasteiger partial charge on any atom is 0.261 e. The second kappa shape index (κ2) is 5.77. The molecule has 2 aliphatic heterocycles. The highest BCUT2D eigenvalue weighted by Gasteiger charge is 2.42. The fourth-order valence-corrected chi connectivity index (χ4v) is 4.57. The van der Waals surface area contributed by atoms with Crippen molar-refractivity contribution in [2.75, 3.05) is 0 Å². The van der Waals surface area contributed by atoms with Gasteiger partial charge < -0.3 is 9.42 Å². The Morgan fingerprint density at radius 2 is 1.96 bits per heavy atom. The van der Waals surface area contributed by atoms with E-state index in [9.17, 15) is 9.59 Å². The second-order valence-electron chi connectivity index (χ2n) is 7.46. The van der Waals surface area contributed by atoms with Crippen molar-refractivity contribution in [1.82, 2.24) is 19.6 Å². The number of rotatable bonds is 1. The van der Waals surface area contributed by atoms with Crippen LogP contribution in [0.4, 0.5) is 0 Å². The van der Waals surface area contributed by atoms with Gasteiger partial charge in [-0.05, 0) is 38.8 Å². The van der Waals surface area contributed by atoms with Crippen LogP contribution in [0.5, 0.6) is 0 Å². The molecular formula is C20H20N4O3. The fraction of sp³-hybridized carbons (Fsp3) is 0.400. The van der Waals surface area contributed by atoms with Gasteiger partial charge in [0.2, 0.25) is 0 Å². The molecule has 1 saturated heterocycles. The van der Waals surface area contributed by atoms with Gasteiger partial charge >= 0.3 is 0 Å². The van der Waals surface area contributed by atoms with E-state index < -0.39 is 0 Å². The zero-order chi connectivity index (χ0) is 18.7. The summed E-state index contributed by atoms with van der Waals surface area (Å²) in [6.07, 6.45) is 2.40. The maximum atomic E-state index is 13.3. The number of hydrogen-bond donors (Lipinski definition) is 0. The summed E-state index contributed by atoms with van der Waals surface area (Å²) in [6.45, 7) is 4.04. The van der Waals surface area contributed by atoms with E-state index in [-0.39, 0.29) is 23.6 Å². The van der Waals surface area contributed by atoms with Gasteiger partial charge in [0.15, 0.2) is 0 Å². The molecule has 7 heteroatoms. The summed E-state index contributed by atoms with van der Waals surface area (Å²) in [6, 6.07) is 7.45. The maximum absolute atomic E-state index is 13.3. The van der Waals surface area contributed by atoms with E-state index in [0.717, 1.165) is 24.2 Å². The molecule has 27 heavy (non-hydrogen) atoms. The van der Waals surface area contributed by atoms with Gasteiger partial charge in [0.25, 0.3) is 11.5 Å². The minimum absolute atomic E-state index is 0.0156. The fourth-order valence-electron chi connectivity index (χ4n) is 4.57. The van der Waals surface area contributed by atoms with Crippen molar-refractivity contribution in [3.05, 3.63) is 57.5 Å². The molecule has 2 atom stereocenters. The largest absolute Gasteiger partial charge is 0.361 e. The Morgan fingerprint density at radius 1 is 1.19 bits per heavy atom. The first-order valence-corrected chi connectivity index (χ1v) is 9.28. The van der Waals surface area contributed by atoms with Gasteiger partial charge in [0.1, 0.15) is 17.1 Å². The van der Waals surface area contributed by atoms with Crippen molar-refractivity contribution >= 4 is 16.8 Å². The molecule has 138 valence electrons. The second-order valence-corrected chi connectivity index (χ2v) is 7.46. The molecule has 0 N–H and O–H groups in total. The summed E-state index contributed by atoms with van der Waals surface area (Å²) in [5, 5.41) is 4.55. The quantitative estimate of drug-likeness (QED) is 0.661. The number of fused-ring (bicyclic) bond motifs is 4. The predicted octanol–water partition coefficient (Wildman–Crippen LogP) is 2.23. The number of benzene rings is 1. The van der Waals surface area contributed by atoms with Crippen LogP contribution in [0, 0.1) is 13.8 Å². The first kappa shape index (κ1) is 16.2. The molecule has 1 aromatic carbocycles. The van der Waals surface area contributed by atoms with E-state index in [4.69, 9.17) is 9.51 Å². The summed E-state index contributed by atoms with van der Waals surface area (Å²) in [4.78, 5) is 33.0. The number of aromatic nitrogens is 3. The van der Waals surface area contributed by atoms with Crippen LogP contribution in [0.2, 0.25) is 0 Å². The lowest BCUT2D eigenvalue weighted by Crippen LogP contribution is -2.42. The van der Waals surface area contributed by atoms with Crippen molar-refractivity contribution in [2.45, 2.75) is 51.7 Å². The van der Waals surface area contributed by atoms with Gasteiger partial charge in [-0.25, -0.2) is 4.98 Å². The van der Waals surface area contributed by atoms with Crippen molar-refractivity contribution in [2.24, 2.45) is 0 Å². The number of carbonyl (C=O) groups excluding carboxylic acids is 1. The summed E-state index contributed by atoms with van der Waals surface area (Å²) in [7, 11) is 0. The summed E-state index contributed by atoms with van der Waals surface area (Å²) < 4.78 is 6.96. The van der Waals surface area contributed by atoms with Gasteiger partial charge in [-0.1, -0.05) is 17.3 Å². The number of amides is 1. The van der Waals surface area contributed by atoms with E-state index in [0.29, 0.717) is 35.4 Å². The molecule has 2 aliphatic rings. The Balaban J connectivity index is 1.60. The number of aryl methyl sites for hydroxylation is 2.